The highest BCUT2D eigenvalue weighted by Gasteiger charge is 2.34. The van der Waals surface area contributed by atoms with Crippen LogP contribution in [-0.2, 0) is 11.8 Å². The summed E-state index contributed by atoms with van der Waals surface area (Å²) in [4.78, 5) is 0. The summed E-state index contributed by atoms with van der Waals surface area (Å²) < 4.78 is 27.7. The molecule has 0 aliphatic heterocycles. The van der Waals surface area contributed by atoms with Gasteiger partial charge < -0.3 is 10.2 Å². The van der Waals surface area contributed by atoms with Gasteiger partial charge in [0.05, 0.1) is 13.2 Å². The number of hydrogen-bond acceptors (Lipinski definition) is 2. The van der Waals surface area contributed by atoms with E-state index in [4.69, 9.17) is 0 Å². The molecule has 2 aromatic rings. The van der Waals surface area contributed by atoms with Crippen molar-refractivity contribution in [1.29, 1.82) is 0 Å². The largest absolute Gasteiger partial charge is 0.395 e. The van der Waals surface area contributed by atoms with E-state index in [1.807, 2.05) is 0 Å². The summed E-state index contributed by atoms with van der Waals surface area (Å²) in [6.07, 6.45) is 0.0214. The van der Waals surface area contributed by atoms with Crippen LogP contribution in [0.2, 0.25) is 0 Å². The molecule has 0 atom stereocenters. The lowest BCUT2D eigenvalue weighted by atomic mass is 9.76. The van der Waals surface area contributed by atoms with Crippen molar-refractivity contribution in [3.8, 4) is 0 Å². The molecule has 0 amide bonds. The maximum absolute atomic E-state index is 13.9. The number of benzene rings is 2. The van der Waals surface area contributed by atoms with Gasteiger partial charge in [-0.1, -0.05) is 36.4 Å². The van der Waals surface area contributed by atoms with Gasteiger partial charge in [0, 0.05) is 5.41 Å². The number of hydrogen-bond donors (Lipinski definition) is 2. The molecule has 20 heavy (non-hydrogen) atoms. The predicted molar refractivity (Wildman–Crippen MR) is 72.4 cm³/mol. The third-order valence-electron chi connectivity index (χ3n) is 3.54. The SMILES string of the molecule is OCC(CO)(Cc1ccccc1F)c1ccccc1F. The van der Waals surface area contributed by atoms with Crippen molar-refractivity contribution in [3.63, 3.8) is 0 Å². The molecule has 2 aromatic carbocycles. The molecule has 0 saturated heterocycles. The van der Waals surface area contributed by atoms with E-state index in [2.05, 4.69) is 0 Å². The highest BCUT2D eigenvalue weighted by Crippen LogP contribution is 2.30. The molecular formula is C16H16F2O2. The van der Waals surface area contributed by atoms with E-state index in [1.54, 1.807) is 24.3 Å². The summed E-state index contributed by atoms with van der Waals surface area (Å²) in [6, 6.07) is 12.0. The van der Waals surface area contributed by atoms with Crippen LogP contribution in [0.5, 0.6) is 0 Å². The van der Waals surface area contributed by atoms with Crippen LogP contribution in [-0.4, -0.2) is 23.4 Å². The van der Waals surface area contributed by atoms with Crippen LogP contribution >= 0.6 is 0 Å². The van der Waals surface area contributed by atoms with E-state index < -0.39 is 30.3 Å². The molecular weight excluding hydrogens is 262 g/mol. The topological polar surface area (TPSA) is 40.5 Å². The maximum Gasteiger partial charge on any atom is 0.127 e. The van der Waals surface area contributed by atoms with Gasteiger partial charge in [-0.15, -0.1) is 0 Å². The Labute approximate surface area is 116 Å². The number of aliphatic hydroxyl groups excluding tert-OH is 2. The molecule has 2 N–H and O–H groups in total. The first-order valence-electron chi connectivity index (χ1n) is 6.33. The molecule has 0 spiro atoms. The van der Waals surface area contributed by atoms with Crippen molar-refractivity contribution in [2.24, 2.45) is 0 Å². The monoisotopic (exact) mass is 278 g/mol. The molecule has 106 valence electrons. The zero-order chi connectivity index (χ0) is 14.6. The Morgan fingerprint density at radius 3 is 1.90 bits per heavy atom. The molecule has 0 aromatic heterocycles. The Morgan fingerprint density at radius 2 is 1.35 bits per heavy atom. The normalized spacial score (nSPS) is 11.6. The highest BCUT2D eigenvalue weighted by molar-refractivity contribution is 5.31. The van der Waals surface area contributed by atoms with E-state index in [-0.39, 0.29) is 12.0 Å². The van der Waals surface area contributed by atoms with Crippen molar-refractivity contribution >= 4 is 0 Å². The Kier molecular flexibility index (Phi) is 4.47. The number of rotatable bonds is 5. The lowest BCUT2D eigenvalue weighted by Crippen LogP contribution is -2.38. The average molecular weight is 278 g/mol. The van der Waals surface area contributed by atoms with Crippen molar-refractivity contribution in [2.45, 2.75) is 11.8 Å². The maximum atomic E-state index is 13.9. The Hall–Kier alpha value is -1.78. The van der Waals surface area contributed by atoms with Gasteiger partial charge in [-0.3, -0.25) is 0 Å². The van der Waals surface area contributed by atoms with E-state index in [0.29, 0.717) is 5.56 Å². The van der Waals surface area contributed by atoms with Crippen molar-refractivity contribution in [2.75, 3.05) is 13.2 Å². The van der Waals surface area contributed by atoms with Crippen LogP contribution in [0, 0.1) is 11.6 Å². The van der Waals surface area contributed by atoms with E-state index >= 15 is 0 Å². The molecule has 0 aliphatic carbocycles. The standard InChI is InChI=1S/C16H16F2O2/c17-14-7-3-1-5-12(14)9-16(10-19,11-20)13-6-2-4-8-15(13)18/h1-8,19-20H,9-11H2. The van der Waals surface area contributed by atoms with Gasteiger partial charge in [-0.05, 0) is 29.7 Å². The van der Waals surface area contributed by atoms with Crippen LogP contribution in [0.15, 0.2) is 48.5 Å². The second-order valence-corrected chi connectivity index (χ2v) is 4.84. The Bertz CT molecular complexity index is 580. The summed E-state index contributed by atoms with van der Waals surface area (Å²) in [5.41, 5.74) is -0.722. The van der Waals surface area contributed by atoms with Crippen molar-refractivity contribution < 1.29 is 19.0 Å². The molecule has 2 nitrogen and oxygen atoms in total. The quantitative estimate of drug-likeness (QED) is 0.882. The van der Waals surface area contributed by atoms with Crippen LogP contribution < -0.4 is 0 Å². The summed E-state index contributed by atoms with van der Waals surface area (Å²) in [6.45, 7) is -0.947. The van der Waals surface area contributed by atoms with E-state index in [0.717, 1.165) is 0 Å². The summed E-state index contributed by atoms with van der Waals surface area (Å²) in [7, 11) is 0. The van der Waals surface area contributed by atoms with Crippen molar-refractivity contribution in [1.82, 2.24) is 0 Å². The fourth-order valence-electron chi connectivity index (χ4n) is 2.32. The van der Waals surface area contributed by atoms with Gasteiger partial charge in [0.25, 0.3) is 0 Å². The van der Waals surface area contributed by atoms with Gasteiger partial charge in [0.1, 0.15) is 11.6 Å². The fraction of sp³-hybridized carbons (Fsp3) is 0.250. The zero-order valence-electron chi connectivity index (χ0n) is 10.9. The predicted octanol–water partition coefficient (Wildman–Crippen LogP) is 2.43. The number of aliphatic hydroxyl groups is 2. The molecule has 2 rings (SSSR count). The summed E-state index contributed by atoms with van der Waals surface area (Å²) in [5.74, 6) is -0.956. The van der Waals surface area contributed by atoms with Gasteiger partial charge in [-0.25, -0.2) is 8.78 Å². The minimum atomic E-state index is -1.24. The first-order valence-corrected chi connectivity index (χ1v) is 6.33. The van der Waals surface area contributed by atoms with Crippen LogP contribution in [0.3, 0.4) is 0 Å². The van der Waals surface area contributed by atoms with Crippen LogP contribution in [0.25, 0.3) is 0 Å². The third kappa shape index (κ3) is 2.71. The second kappa shape index (κ2) is 6.11. The Morgan fingerprint density at radius 1 is 0.800 bits per heavy atom. The smallest absolute Gasteiger partial charge is 0.127 e. The molecule has 0 fully saturated rings. The highest BCUT2D eigenvalue weighted by atomic mass is 19.1. The first kappa shape index (κ1) is 14.6. The lowest BCUT2D eigenvalue weighted by molar-refractivity contribution is 0.112. The molecule has 4 heteroatoms. The zero-order valence-corrected chi connectivity index (χ0v) is 10.9. The molecule has 0 aliphatic rings. The summed E-state index contributed by atoms with van der Waals surface area (Å²) in [5, 5.41) is 19.3. The van der Waals surface area contributed by atoms with Gasteiger partial charge >= 0.3 is 0 Å². The molecule has 0 radical (unpaired) electrons. The van der Waals surface area contributed by atoms with E-state index in [1.165, 1.54) is 24.3 Å². The van der Waals surface area contributed by atoms with E-state index in [9.17, 15) is 19.0 Å². The molecule has 0 unspecified atom stereocenters. The van der Waals surface area contributed by atoms with Gasteiger partial charge in [0.15, 0.2) is 0 Å². The minimum absolute atomic E-state index is 0.0214. The number of halogens is 2. The summed E-state index contributed by atoms with van der Waals surface area (Å²) >= 11 is 0. The van der Waals surface area contributed by atoms with Gasteiger partial charge in [-0.2, -0.15) is 0 Å². The van der Waals surface area contributed by atoms with Crippen LogP contribution in [0.4, 0.5) is 8.78 Å². The fourth-order valence-corrected chi connectivity index (χ4v) is 2.32. The van der Waals surface area contributed by atoms with Crippen molar-refractivity contribution in [3.05, 3.63) is 71.3 Å². The van der Waals surface area contributed by atoms with Crippen LogP contribution in [0.1, 0.15) is 11.1 Å². The average Bonchev–Trinajstić information content (AvgIpc) is 2.48. The molecule has 0 heterocycles. The molecule has 0 saturated carbocycles. The first-order chi connectivity index (χ1) is 9.63. The lowest BCUT2D eigenvalue weighted by Gasteiger charge is -2.31. The third-order valence-corrected chi connectivity index (χ3v) is 3.54. The van der Waals surface area contributed by atoms with Gasteiger partial charge in [0.2, 0.25) is 0 Å². The molecule has 0 bridgehead atoms. The second-order valence-electron chi connectivity index (χ2n) is 4.84. The minimum Gasteiger partial charge on any atom is -0.395 e. The Balaban J connectivity index is 2.46.